The average molecular weight is 475 g/mol. The first kappa shape index (κ1) is 22.9. The summed E-state index contributed by atoms with van der Waals surface area (Å²) >= 11 is 6.04. The summed E-state index contributed by atoms with van der Waals surface area (Å²) in [5.41, 5.74) is 3.22. The van der Waals surface area contributed by atoms with Gasteiger partial charge in [0.25, 0.3) is 0 Å². The second kappa shape index (κ2) is 10.6. The van der Waals surface area contributed by atoms with Crippen LogP contribution in [0.4, 0.5) is 10.5 Å². The minimum absolute atomic E-state index is 0.285. The van der Waals surface area contributed by atoms with Gasteiger partial charge in [0.05, 0.1) is 13.2 Å². The Kier molecular flexibility index (Phi) is 7.17. The zero-order valence-electron chi connectivity index (χ0n) is 19.4. The molecular weight excluding hydrogens is 444 g/mol. The maximum atomic E-state index is 13.3. The standard InChI is InChI=1S/C29H31ClN2O2/c30-26-15-11-23(12-16-26)18-32(27-9-5-2-6-10-27)29(33)34-21-28-24-13-14-25(28)20-31(19-24)17-22-7-3-1-4-8-22/h1-12,15-16,24-25,28H,13-14,17-21H2. The number of amides is 1. The fourth-order valence-electron chi connectivity index (χ4n) is 5.56. The van der Waals surface area contributed by atoms with Crippen molar-refractivity contribution in [3.63, 3.8) is 0 Å². The smallest absolute Gasteiger partial charge is 0.414 e. The van der Waals surface area contributed by atoms with Crippen LogP contribution in [-0.4, -0.2) is 30.7 Å². The molecule has 2 unspecified atom stereocenters. The molecule has 1 amide bonds. The highest BCUT2D eigenvalue weighted by atomic mass is 35.5. The lowest BCUT2D eigenvalue weighted by Gasteiger charge is -2.38. The summed E-state index contributed by atoms with van der Waals surface area (Å²) in [6.07, 6.45) is 2.17. The molecule has 1 saturated carbocycles. The van der Waals surface area contributed by atoms with Crippen LogP contribution in [0.1, 0.15) is 24.0 Å². The van der Waals surface area contributed by atoms with Crippen LogP contribution in [0.25, 0.3) is 0 Å². The van der Waals surface area contributed by atoms with Gasteiger partial charge in [-0.1, -0.05) is 72.3 Å². The fourth-order valence-corrected chi connectivity index (χ4v) is 5.69. The number of para-hydroxylation sites is 1. The molecule has 4 nitrogen and oxygen atoms in total. The highest BCUT2D eigenvalue weighted by Crippen LogP contribution is 2.42. The maximum Gasteiger partial charge on any atom is 0.414 e. The second-order valence-electron chi connectivity index (χ2n) is 9.57. The van der Waals surface area contributed by atoms with Crippen molar-refractivity contribution >= 4 is 23.4 Å². The lowest BCUT2D eigenvalue weighted by atomic mass is 9.85. The van der Waals surface area contributed by atoms with E-state index in [1.807, 2.05) is 54.6 Å². The molecule has 0 N–H and O–H groups in total. The predicted molar refractivity (Wildman–Crippen MR) is 137 cm³/mol. The number of anilines is 1. The van der Waals surface area contributed by atoms with Crippen molar-refractivity contribution in [2.45, 2.75) is 25.9 Å². The second-order valence-corrected chi connectivity index (χ2v) is 10.0. The molecule has 2 fully saturated rings. The van der Waals surface area contributed by atoms with Crippen molar-refractivity contribution in [3.05, 3.63) is 101 Å². The van der Waals surface area contributed by atoms with Crippen molar-refractivity contribution in [1.82, 2.24) is 4.90 Å². The van der Waals surface area contributed by atoms with Crippen LogP contribution in [0.2, 0.25) is 5.02 Å². The summed E-state index contributed by atoms with van der Waals surface area (Å²) in [6.45, 7) is 4.12. The summed E-state index contributed by atoms with van der Waals surface area (Å²) in [5.74, 6) is 1.64. The first-order valence-electron chi connectivity index (χ1n) is 12.2. The van der Waals surface area contributed by atoms with Gasteiger partial charge in [0, 0.05) is 36.3 Å². The van der Waals surface area contributed by atoms with Crippen LogP contribution in [0, 0.1) is 17.8 Å². The maximum absolute atomic E-state index is 13.3. The van der Waals surface area contributed by atoms with Crippen LogP contribution >= 0.6 is 11.6 Å². The minimum atomic E-state index is -0.285. The third-order valence-corrected chi connectivity index (χ3v) is 7.55. The van der Waals surface area contributed by atoms with E-state index in [-0.39, 0.29) is 6.09 Å². The Hall–Kier alpha value is -2.82. The lowest BCUT2D eigenvalue weighted by Crippen LogP contribution is -2.43. The number of rotatable bonds is 7. The van der Waals surface area contributed by atoms with Gasteiger partial charge in [-0.15, -0.1) is 0 Å². The van der Waals surface area contributed by atoms with Crippen LogP contribution in [0.3, 0.4) is 0 Å². The van der Waals surface area contributed by atoms with E-state index in [1.54, 1.807) is 4.90 Å². The van der Waals surface area contributed by atoms with Gasteiger partial charge in [0.1, 0.15) is 0 Å². The van der Waals surface area contributed by atoms with E-state index in [0.29, 0.717) is 35.9 Å². The number of nitrogens with zero attached hydrogens (tertiary/aromatic N) is 2. The molecule has 3 aromatic carbocycles. The summed E-state index contributed by atoms with van der Waals surface area (Å²) in [6, 6.07) is 28.0. The van der Waals surface area contributed by atoms with Gasteiger partial charge in [-0.2, -0.15) is 0 Å². The Labute approximate surface area is 207 Å². The molecule has 0 aromatic heterocycles. The molecule has 1 aliphatic carbocycles. The number of fused-ring (bicyclic) bond motifs is 2. The van der Waals surface area contributed by atoms with Crippen LogP contribution < -0.4 is 4.90 Å². The van der Waals surface area contributed by atoms with Gasteiger partial charge in [0.2, 0.25) is 0 Å². The number of ether oxygens (including phenoxy) is 1. The molecule has 2 bridgehead atoms. The minimum Gasteiger partial charge on any atom is -0.449 e. The third kappa shape index (κ3) is 5.45. The van der Waals surface area contributed by atoms with Crippen molar-refractivity contribution in [3.8, 4) is 0 Å². The number of halogens is 1. The van der Waals surface area contributed by atoms with E-state index < -0.39 is 0 Å². The number of carbonyl (C=O) groups excluding carboxylic acids is 1. The van der Waals surface area contributed by atoms with E-state index in [2.05, 4.69) is 35.2 Å². The number of carbonyl (C=O) groups is 1. The Bertz CT molecular complexity index is 1060. The molecule has 5 rings (SSSR count). The molecule has 2 atom stereocenters. The highest BCUT2D eigenvalue weighted by molar-refractivity contribution is 6.30. The predicted octanol–water partition coefficient (Wildman–Crippen LogP) is 6.64. The number of hydrogen-bond acceptors (Lipinski definition) is 3. The molecule has 1 aliphatic heterocycles. The number of hydrogen-bond donors (Lipinski definition) is 0. The topological polar surface area (TPSA) is 32.8 Å². The summed E-state index contributed by atoms with van der Waals surface area (Å²) < 4.78 is 5.97. The van der Waals surface area contributed by atoms with Crippen molar-refractivity contribution < 1.29 is 9.53 Å². The molecule has 34 heavy (non-hydrogen) atoms. The molecule has 1 saturated heterocycles. The quantitative estimate of drug-likeness (QED) is 0.384. The Balaban J connectivity index is 1.22. The molecule has 5 heteroatoms. The van der Waals surface area contributed by atoms with Crippen LogP contribution in [0.5, 0.6) is 0 Å². The Morgan fingerprint density at radius 2 is 1.47 bits per heavy atom. The number of likely N-dealkylation sites (tertiary alicyclic amines) is 1. The Morgan fingerprint density at radius 3 is 2.12 bits per heavy atom. The van der Waals surface area contributed by atoms with Crippen molar-refractivity contribution in [2.24, 2.45) is 17.8 Å². The monoisotopic (exact) mass is 474 g/mol. The zero-order chi connectivity index (χ0) is 23.3. The molecular formula is C29H31ClN2O2. The van der Waals surface area contributed by atoms with Crippen molar-refractivity contribution in [2.75, 3.05) is 24.6 Å². The molecule has 176 valence electrons. The lowest BCUT2D eigenvalue weighted by molar-refractivity contribution is 0.0506. The molecule has 1 heterocycles. The number of piperidine rings is 1. The summed E-state index contributed by atoms with van der Waals surface area (Å²) in [4.78, 5) is 17.6. The summed E-state index contributed by atoms with van der Waals surface area (Å²) in [5, 5.41) is 0.687. The zero-order valence-corrected chi connectivity index (χ0v) is 20.1. The molecule has 0 radical (unpaired) electrons. The summed E-state index contributed by atoms with van der Waals surface area (Å²) in [7, 11) is 0. The van der Waals surface area contributed by atoms with Gasteiger partial charge in [-0.3, -0.25) is 9.80 Å². The first-order chi connectivity index (χ1) is 16.7. The van der Waals surface area contributed by atoms with E-state index >= 15 is 0 Å². The van der Waals surface area contributed by atoms with Gasteiger partial charge in [0.15, 0.2) is 0 Å². The molecule has 0 spiro atoms. The van der Waals surface area contributed by atoms with Crippen molar-refractivity contribution in [1.29, 1.82) is 0 Å². The van der Waals surface area contributed by atoms with Gasteiger partial charge >= 0.3 is 6.09 Å². The Morgan fingerprint density at radius 1 is 0.853 bits per heavy atom. The van der Waals surface area contributed by atoms with E-state index in [9.17, 15) is 4.79 Å². The molecule has 2 aliphatic rings. The molecule has 3 aromatic rings. The highest BCUT2D eigenvalue weighted by Gasteiger charge is 2.42. The SMILES string of the molecule is O=C(OCC1C2CCC1CN(Cc1ccccc1)C2)N(Cc1ccc(Cl)cc1)c1ccccc1. The van der Waals surface area contributed by atoms with E-state index in [4.69, 9.17) is 16.3 Å². The third-order valence-electron chi connectivity index (χ3n) is 7.30. The van der Waals surface area contributed by atoms with Gasteiger partial charge < -0.3 is 4.74 Å². The van der Waals surface area contributed by atoms with Gasteiger partial charge in [-0.25, -0.2) is 4.79 Å². The van der Waals surface area contributed by atoms with E-state index in [1.165, 1.54) is 18.4 Å². The van der Waals surface area contributed by atoms with E-state index in [0.717, 1.165) is 30.9 Å². The number of benzene rings is 3. The normalized spacial score (nSPS) is 21.9. The van der Waals surface area contributed by atoms with Gasteiger partial charge in [-0.05, 0) is 60.1 Å². The van der Waals surface area contributed by atoms with Crippen LogP contribution in [-0.2, 0) is 17.8 Å². The first-order valence-corrected chi connectivity index (χ1v) is 12.5. The van der Waals surface area contributed by atoms with Crippen LogP contribution in [0.15, 0.2) is 84.9 Å². The average Bonchev–Trinajstić information content (AvgIpc) is 3.11. The largest absolute Gasteiger partial charge is 0.449 e. The fraction of sp³-hybridized carbons (Fsp3) is 0.345.